The Bertz CT molecular complexity index is 728. The van der Waals surface area contributed by atoms with Crippen molar-refractivity contribution in [1.29, 1.82) is 0 Å². The number of thiophene rings is 1. The number of halogens is 1. The molecule has 0 amide bonds. The van der Waals surface area contributed by atoms with Crippen molar-refractivity contribution in [3.8, 4) is 0 Å². The number of nitrogens with one attached hydrogen (secondary N) is 1. The monoisotopic (exact) mass is 389 g/mol. The molecule has 1 N–H and O–H groups in total. The molecule has 0 fully saturated rings. The number of sulfonamides is 1. The third-order valence-corrected chi connectivity index (χ3v) is 6.19. The van der Waals surface area contributed by atoms with E-state index in [-0.39, 0.29) is 4.21 Å². The minimum atomic E-state index is -3.80. The van der Waals surface area contributed by atoms with Crippen molar-refractivity contribution in [3.63, 3.8) is 0 Å². The van der Waals surface area contributed by atoms with Gasteiger partial charge in [0.15, 0.2) is 0 Å². The fraction of sp³-hybridized carbons (Fsp3) is 0.154. The number of hydrogen-bond donors (Lipinski definition) is 1. The lowest BCUT2D eigenvalue weighted by molar-refractivity contribution is -0.142. The zero-order chi connectivity index (χ0) is 15.5. The minimum Gasteiger partial charge on any atom is -0.468 e. The Morgan fingerprint density at radius 3 is 2.43 bits per heavy atom. The van der Waals surface area contributed by atoms with E-state index in [0.717, 1.165) is 11.3 Å². The molecule has 1 heterocycles. The summed E-state index contributed by atoms with van der Waals surface area (Å²) >= 11 is 4.28. The van der Waals surface area contributed by atoms with Gasteiger partial charge in [0, 0.05) is 0 Å². The predicted molar refractivity (Wildman–Crippen MR) is 83.5 cm³/mol. The summed E-state index contributed by atoms with van der Waals surface area (Å²) in [4.78, 5) is 11.9. The summed E-state index contributed by atoms with van der Waals surface area (Å²) in [5.74, 6) is -0.666. The fourth-order valence-corrected chi connectivity index (χ4v) is 4.87. The molecule has 0 saturated heterocycles. The maximum Gasteiger partial charge on any atom is 0.328 e. The number of ether oxygens (including phenoxy) is 1. The molecule has 21 heavy (non-hydrogen) atoms. The van der Waals surface area contributed by atoms with E-state index in [4.69, 9.17) is 0 Å². The fourth-order valence-electron chi connectivity index (χ4n) is 1.67. The summed E-state index contributed by atoms with van der Waals surface area (Å²) in [7, 11) is -2.59. The second-order valence-electron chi connectivity index (χ2n) is 4.05. The van der Waals surface area contributed by atoms with E-state index in [2.05, 4.69) is 25.4 Å². The quantitative estimate of drug-likeness (QED) is 0.797. The highest BCUT2D eigenvalue weighted by atomic mass is 79.9. The van der Waals surface area contributed by atoms with Gasteiger partial charge in [0.25, 0.3) is 10.0 Å². The van der Waals surface area contributed by atoms with Crippen LogP contribution in [0.5, 0.6) is 0 Å². The third-order valence-electron chi connectivity index (χ3n) is 2.66. The molecular weight excluding hydrogens is 378 g/mol. The molecule has 0 bridgehead atoms. The van der Waals surface area contributed by atoms with Gasteiger partial charge >= 0.3 is 5.97 Å². The first kappa shape index (κ1) is 16.2. The highest BCUT2D eigenvalue weighted by Gasteiger charge is 2.28. The maximum atomic E-state index is 12.3. The average molecular weight is 390 g/mol. The molecule has 0 aliphatic rings. The van der Waals surface area contributed by atoms with E-state index in [1.54, 1.807) is 36.4 Å². The second kappa shape index (κ2) is 6.69. The van der Waals surface area contributed by atoms with Gasteiger partial charge in [-0.05, 0) is 33.6 Å². The Balaban J connectivity index is 2.34. The van der Waals surface area contributed by atoms with Crippen molar-refractivity contribution < 1.29 is 17.9 Å². The zero-order valence-corrected chi connectivity index (χ0v) is 14.2. The number of hydrogen-bond acceptors (Lipinski definition) is 5. The van der Waals surface area contributed by atoms with Crippen LogP contribution in [-0.4, -0.2) is 21.5 Å². The van der Waals surface area contributed by atoms with Crippen molar-refractivity contribution in [1.82, 2.24) is 4.72 Å². The van der Waals surface area contributed by atoms with Crippen LogP contribution < -0.4 is 4.72 Å². The summed E-state index contributed by atoms with van der Waals surface area (Å²) in [6.07, 6.45) is 0. The first-order valence-corrected chi connectivity index (χ1v) is 8.94. The normalized spacial score (nSPS) is 12.9. The summed E-state index contributed by atoms with van der Waals surface area (Å²) in [6.45, 7) is 0. The lowest BCUT2D eigenvalue weighted by Gasteiger charge is -2.16. The van der Waals surface area contributed by atoms with Gasteiger partial charge in [0.05, 0.1) is 10.9 Å². The van der Waals surface area contributed by atoms with E-state index < -0.39 is 22.0 Å². The third kappa shape index (κ3) is 3.91. The van der Waals surface area contributed by atoms with E-state index in [0.29, 0.717) is 9.35 Å². The molecule has 1 atom stereocenters. The van der Waals surface area contributed by atoms with Crippen LogP contribution in [0.2, 0.25) is 0 Å². The van der Waals surface area contributed by atoms with E-state index in [1.165, 1.54) is 13.2 Å². The molecule has 2 aromatic rings. The van der Waals surface area contributed by atoms with Crippen molar-refractivity contribution >= 4 is 43.3 Å². The van der Waals surface area contributed by atoms with Gasteiger partial charge in [-0.3, -0.25) is 0 Å². The molecule has 1 unspecified atom stereocenters. The minimum absolute atomic E-state index is 0.124. The van der Waals surface area contributed by atoms with Gasteiger partial charge in [-0.1, -0.05) is 30.3 Å². The largest absolute Gasteiger partial charge is 0.468 e. The van der Waals surface area contributed by atoms with Crippen LogP contribution in [-0.2, 0) is 19.6 Å². The Morgan fingerprint density at radius 1 is 1.24 bits per heavy atom. The van der Waals surface area contributed by atoms with Crippen molar-refractivity contribution in [2.24, 2.45) is 0 Å². The number of carbonyl (C=O) groups excluding carboxylic acids is 1. The molecule has 0 saturated carbocycles. The van der Waals surface area contributed by atoms with Crippen molar-refractivity contribution in [3.05, 3.63) is 51.8 Å². The molecule has 0 aliphatic carbocycles. The van der Waals surface area contributed by atoms with Gasteiger partial charge in [-0.2, -0.15) is 4.72 Å². The predicted octanol–water partition coefficient (Wildman–Crippen LogP) is 2.70. The summed E-state index contributed by atoms with van der Waals surface area (Å²) in [5.41, 5.74) is 0.517. The van der Waals surface area contributed by atoms with Crippen LogP contribution in [0.25, 0.3) is 0 Å². The van der Waals surface area contributed by atoms with Crippen LogP contribution in [0, 0.1) is 0 Å². The Labute approximate surface area is 135 Å². The first-order chi connectivity index (χ1) is 9.94. The maximum absolute atomic E-state index is 12.3. The lowest BCUT2D eigenvalue weighted by Crippen LogP contribution is -2.34. The SMILES string of the molecule is COC(=O)C(NS(=O)(=O)c1ccc(Br)s1)c1ccccc1. The van der Waals surface area contributed by atoms with Gasteiger partial charge in [0.2, 0.25) is 0 Å². The molecule has 5 nitrogen and oxygen atoms in total. The van der Waals surface area contributed by atoms with Crippen LogP contribution in [0.4, 0.5) is 0 Å². The van der Waals surface area contributed by atoms with Gasteiger partial charge < -0.3 is 4.74 Å². The van der Waals surface area contributed by atoms with Crippen molar-refractivity contribution in [2.45, 2.75) is 10.3 Å². The molecule has 0 spiro atoms. The van der Waals surface area contributed by atoms with Crippen LogP contribution >= 0.6 is 27.3 Å². The highest BCUT2D eigenvalue weighted by Crippen LogP contribution is 2.27. The van der Waals surface area contributed by atoms with E-state index in [1.807, 2.05) is 0 Å². The van der Waals surface area contributed by atoms with Crippen molar-refractivity contribution in [2.75, 3.05) is 7.11 Å². The molecule has 0 radical (unpaired) electrons. The number of rotatable bonds is 5. The van der Waals surface area contributed by atoms with Gasteiger partial charge in [0.1, 0.15) is 10.3 Å². The van der Waals surface area contributed by atoms with Crippen LogP contribution in [0.1, 0.15) is 11.6 Å². The lowest BCUT2D eigenvalue weighted by atomic mass is 10.1. The number of benzene rings is 1. The Kier molecular flexibility index (Phi) is 5.15. The van der Waals surface area contributed by atoms with E-state index in [9.17, 15) is 13.2 Å². The summed E-state index contributed by atoms with van der Waals surface area (Å²) in [6, 6.07) is 10.6. The van der Waals surface area contributed by atoms with Crippen LogP contribution in [0.15, 0.2) is 50.5 Å². The topological polar surface area (TPSA) is 72.5 Å². The number of esters is 1. The summed E-state index contributed by atoms with van der Waals surface area (Å²) < 4.78 is 32.5. The van der Waals surface area contributed by atoms with Gasteiger partial charge in [-0.15, -0.1) is 11.3 Å². The molecular formula is C13H12BrNO4S2. The molecule has 112 valence electrons. The van der Waals surface area contributed by atoms with Crippen LogP contribution in [0.3, 0.4) is 0 Å². The zero-order valence-electron chi connectivity index (χ0n) is 10.9. The Morgan fingerprint density at radius 2 is 1.90 bits per heavy atom. The summed E-state index contributed by atoms with van der Waals surface area (Å²) in [5, 5.41) is 0. The second-order valence-corrected chi connectivity index (χ2v) is 8.45. The Hall–Kier alpha value is -1.22. The van der Waals surface area contributed by atoms with Gasteiger partial charge in [-0.25, -0.2) is 13.2 Å². The molecule has 1 aromatic carbocycles. The smallest absolute Gasteiger partial charge is 0.328 e. The van der Waals surface area contributed by atoms with E-state index >= 15 is 0 Å². The molecule has 8 heteroatoms. The highest BCUT2D eigenvalue weighted by molar-refractivity contribution is 9.11. The molecule has 2 rings (SSSR count). The molecule has 1 aromatic heterocycles. The number of methoxy groups -OCH3 is 1. The first-order valence-electron chi connectivity index (χ1n) is 5.84. The average Bonchev–Trinajstić information content (AvgIpc) is 2.92. The standard InChI is InChI=1S/C13H12BrNO4S2/c1-19-13(16)12(9-5-3-2-4-6-9)15-21(17,18)11-8-7-10(14)20-11/h2-8,12,15H,1H3. The number of carbonyl (C=O) groups is 1. The molecule has 0 aliphatic heterocycles.